The highest BCUT2D eigenvalue weighted by Gasteiger charge is 2.19. The number of carbonyl (C=O) groups excluding carboxylic acids is 1. The van der Waals surface area contributed by atoms with Gasteiger partial charge in [0, 0.05) is 11.3 Å². The standard InChI is InChI=1S/C24H21N3O/c28-23(25-24-21-9-4-10-22(21)26-27-24)14-16-5-3-8-18(13-16)20-12-11-17-6-1-2-7-19(17)15-20/h1-3,5-8,11-13,15H,4,9-10,14H2,(H2,25,26,27,28). The number of hydrogen-bond donors (Lipinski definition) is 2. The molecule has 0 saturated carbocycles. The number of amides is 1. The van der Waals surface area contributed by atoms with Gasteiger partial charge in [0.25, 0.3) is 0 Å². The second-order valence-corrected chi connectivity index (χ2v) is 7.37. The number of aromatic amines is 1. The third-order valence-electron chi connectivity index (χ3n) is 5.44. The normalized spacial score (nSPS) is 12.9. The molecule has 1 aromatic heterocycles. The molecule has 0 atom stereocenters. The molecule has 138 valence electrons. The first-order valence-corrected chi connectivity index (χ1v) is 9.70. The van der Waals surface area contributed by atoms with Crippen molar-refractivity contribution in [2.75, 3.05) is 5.32 Å². The van der Waals surface area contributed by atoms with E-state index in [1.807, 2.05) is 12.1 Å². The lowest BCUT2D eigenvalue weighted by molar-refractivity contribution is -0.115. The molecule has 5 rings (SSSR count). The molecule has 4 nitrogen and oxygen atoms in total. The van der Waals surface area contributed by atoms with Crippen LogP contribution in [0, 0.1) is 0 Å². The largest absolute Gasteiger partial charge is 0.309 e. The maximum absolute atomic E-state index is 12.5. The van der Waals surface area contributed by atoms with Crippen molar-refractivity contribution in [1.29, 1.82) is 0 Å². The summed E-state index contributed by atoms with van der Waals surface area (Å²) in [6.45, 7) is 0. The van der Waals surface area contributed by atoms with Crippen LogP contribution in [-0.4, -0.2) is 16.1 Å². The van der Waals surface area contributed by atoms with Gasteiger partial charge in [-0.25, -0.2) is 0 Å². The lowest BCUT2D eigenvalue weighted by atomic mass is 9.99. The first-order chi connectivity index (χ1) is 13.8. The molecule has 28 heavy (non-hydrogen) atoms. The SMILES string of the molecule is O=C(Cc1cccc(-c2ccc3ccccc3c2)c1)Nc1n[nH]c2c1CCC2. The van der Waals surface area contributed by atoms with E-state index in [4.69, 9.17) is 0 Å². The first-order valence-electron chi connectivity index (χ1n) is 9.70. The van der Waals surface area contributed by atoms with E-state index in [1.165, 1.54) is 16.3 Å². The van der Waals surface area contributed by atoms with E-state index in [1.54, 1.807) is 0 Å². The zero-order chi connectivity index (χ0) is 18.9. The molecule has 1 aliphatic rings. The van der Waals surface area contributed by atoms with Crippen LogP contribution in [0.3, 0.4) is 0 Å². The molecule has 0 unspecified atom stereocenters. The number of nitrogens with zero attached hydrogens (tertiary/aromatic N) is 1. The van der Waals surface area contributed by atoms with Gasteiger partial charge in [-0.15, -0.1) is 0 Å². The maximum atomic E-state index is 12.5. The number of nitrogens with one attached hydrogen (secondary N) is 2. The molecular formula is C24H21N3O. The van der Waals surface area contributed by atoms with E-state index in [-0.39, 0.29) is 5.91 Å². The minimum absolute atomic E-state index is 0.0307. The van der Waals surface area contributed by atoms with Crippen molar-refractivity contribution < 1.29 is 4.79 Å². The summed E-state index contributed by atoms with van der Waals surface area (Å²) in [5, 5.41) is 12.7. The van der Waals surface area contributed by atoms with Crippen molar-refractivity contribution in [3.8, 4) is 11.1 Å². The number of carbonyl (C=O) groups is 1. The predicted molar refractivity (Wildman–Crippen MR) is 112 cm³/mol. The van der Waals surface area contributed by atoms with Gasteiger partial charge in [0.15, 0.2) is 5.82 Å². The fraction of sp³-hybridized carbons (Fsp3) is 0.167. The number of rotatable bonds is 4. The lowest BCUT2D eigenvalue weighted by Crippen LogP contribution is -2.15. The van der Waals surface area contributed by atoms with Gasteiger partial charge in [0.1, 0.15) is 0 Å². The summed E-state index contributed by atoms with van der Waals surface area (Å²) in [5.74, 6) is 0.667. The molecule has 2 N–H and O–H groups in total. The minimum Gasteiger partial charge on any atom is -0.309 e. The number of aromatic nitrogens is 2. The molecule has 1 heterocycles. The van der Waals surface area contributed by atoms with Crippen molar-refractivity contribution >= 4 is 22.5 Å². The Labute approximate surface area is 163 Å². The van der Waals surface area contributed by atoms with Gasteiger partial charge in [-0.3, -0.25) is 9.89 Å². The lowest BCUT2D eigenvalue weighted by Gasteiger charge is -2.08. The van der Waals surface area contributed by atoms with E-state index in [0.717, 1.165) is 41.6 Å². The Hall–Kier alpha value is -3.40. The number of benzene rings is 3. The molecule has 0 fully saturated rings. The van der Waals surface area contributed by atoms with Crippen LogP contribution in [0.1, 0.15) is 23.2 Å². The highest BCUT2D eigenvalue weighted by atomic mass is 16.1. The Morgan fingerprint density at radius 3 is 2.71 bits per heavy atom. The van der Waals surface area contributed by atoms with Gasteiger partial charge in [-0.2, -0.15) is 5.10 Å². The number of fused-ring (bicyclic) bond motifs is 2. The van der Waals surface area contributed by atoms with Crippen molar-refractivity contribution in [3.63, 3.8) is 0 Å². The van der Waals surface area contributed by atoms with Crippen molar-refractivity contribution in [2.24, 2.45) is 0 Å². The Bertz CT molecular complexity index is 1180. The third-order valence-corrected chi connectivity index (χ3v) is 5.44. The Morgan fingerprint density at radius 1 is 0.929 bits per heavy atom. The van der Waals surface area contributed by atoms with Crippen LogP contribution in [-0.2, 0) is 24.1 Å². The zero-order valence-electron chi connectivity index (χ0n) is 15.5. The second kappa shape index (κ2) is 6.97. The van der Waals surface area contributed by atoms with Crippen LogP contribution < -0.4 is 5.32 Å². The Balaban J connectivity index is 1.35. The van der Waals surface area contributed by atoms with Crippen molar-refractivity contribution in [3.05, 3.63) is 83.6 Å². The highest BCUT2D eigenvalue weighted by molar-refractivity contribution is 5.92. The molecule has 0 saturated heterocycles. The predicted octanol–water partition coefficient (Wildman–Crippen LogP) is 4.90. The summed E-state index contributed by atoms with van der Waals surface area (Å²) in [6, 6.07) is 23.0. The number of hydrogen-bond acceptors (Lipinski definition) is 2. The number of aryl methyl sites for hydroxylation is 1. The van der Waals surface area contributed by atoms with Gasteiger partial charge in [0.05, 0.1) is 6.42 Å². The van der Waals surface area contributed by atoms with Gasteiger partial charge in [0.2, 0.25) is 5.91 Å². The minimum atomic E-state index is -0.0307. The van der Waals surface area contributed by atoms with Crippen LogP contribution in [0.4, 0.5) is 5.82 Å². The van der Waals surface area contributed by atoms with Crippen molar-refractivity contribution in [1.82, 2.24) is 10.2 Å². The Kier molecular flexibility index (Phi) is 4.17. The van der Waals surface area contributed by atoms with Gasteiger partial charge in [-0.1, -0.05) is 60.7 Å². The summed E-state index contributed by atoms with van der Waals surface area (Å²) in [6.07, 6.45) is 3.47. The molecule has 1 aliphatic carbocycles. The molecule has 1 amide bonds. The van der Waals surface area contributed by atoms with Crippen LogP contribution in [0.25, 0.3) is 21.9 Å². The average molecular weight is 367 g/mol. The zero-order valence-corrected chi connectivity index (χ0v) is 15.5. The molecule has 0 spiro atoms. The second-order valence-electron chi connectivity index (χ2n) is 7.37. The monoisotopic (exact) mass is 367 g/mol. The molecule has 0 aliphatic heterocycles. The fourth-order valence-electron chi connectivity index (χ4n) is 4.01. The van der Waals surface area contributed by atoms with E-state index in [0.29, 0.717) is 12.2 Å². The molecule has 0 bridgehead atoms. The highest BCUT2D eigenvalue weighted by Crippen LogP contribution is 2.27. The molecule has 4 heteroatoms. The summed E-state index contributed by atoms with van der Waals surface area (Å²) in [4.78, 5) is 12.5. The van der Waals surface area contributed by atoms with Gasteiger partial charge >= 0.3 is 0 Å². The van der Waals surface area contributed by atoms with Crippen LogP contribution in [0.5, 0.6) is 0 Å². The van der Waals surface area contributed by atoms with E-state index in [2.05, 4.69) is 70.1 Å². The van der Waals surface area contributed by atoms with Crippen LogP contribution >= 0.6 is 0 Å². The fourth-order valence-corrected chi connectivity index (χ4v) is 4.01. The summed E-state index contributed by atoms with van der Waals surface area (Å²) in [5.41, 5.74) is 5.60. The average Bonchev–Trinajstić information content (AvgIpc) is 3.33. The molecule has 0 radical (unpaired) electrons. The Morgan fingerprint density at radius 2 is 1.79 bits per heavy atom. The van der Waals surface area contributed by atoms with E-state index < -0.39 is 0 Å². The molecular weight excluding hydrogens is 346 g/mol. The summed E-state index contributed by atoms with van der Waals surface area (Å²) < 4.78 is 0. The van der Waals surface area contributed by atoms with Gasteiger partial charge in [-0.05, 0) is 52.8 Å². The number of H-pyrrole nitrogens is 1. The summed E-state index contributed by atoms with van der Waals surface area (Å²) in [7, 11) is 0. The van der Waals surface area contributed by atoms with Gasteiger partial charge < -0.3 is 5.32 Å². The smallest absolute Gasteiger partial charge is 0.230 e. The quantitative estimate of drug-likeness (QED) is 0.539. The van der Waals surface area contributed by atoms with Crippen LogP contribution in [0.2, 0.25) is 0 Å². The maximum Gasteiger partial charge on any atom is 0.230 e. The van der Waals surface area contributed by atoms with E-state index >= 15 is 0 Å². The molecule has 3 aromatic carbocycles. The first kappa shape index (κ1) is 16.8. The topological polar surface area (TPSA) is 57.8 Å². The molecule has 4 aromatic rings. The number of anilines is 1. The third kappa shape index (κ3) is 3.18. The van der Waals surface area contributed by atoms with E-state index in [9.17, 15) is 4.79 Å². The van der Waals surface area contributed by atoms with Crippen LogP contribution in [0.15, 0.2) is 66.7 Å². The van der Waals surface area contributed by atoms with Crippen molar-refractivity contribution in [2.45, 2.75) is 25.7 Å². The summed E-state index contributed by atoms with van der Waals surface area (Å²) >= 11 is 0.